The quantitative estimate of drug-likeness (QED) is 0.588. The van der Waals surface area contributed by atoms with Crippen LogP contribution in [0.5, 0.6) is 0 Å². The molecule has 0 unspecified atom stereocenters. The molecule has 1 fully saturated rings. The van der Waals surface area contributed by atoms with Gasteiger partial charge in [0.25, 0.3) is 5.91 Å². The minimum absolute atomic E-state index is 0.156. The van der Waals surface area contributed by atoms with Gasteiger partial charge in [-0.05, 0) is 52.1 Å². The molecule has 3 heterocycles. The Hall–Kier alpha value is -2.71. The Morgan fingerprint density at radius 2 is 2.00 bits per heavy atom. The third-order valence-corrected chi connectivity index (χ3v) is 6.34. The lowest BCUT2D eigenvalue weighted by molar-refractivity contribution is 0.0781. The average molecular weight is 456 g/mol. The van der Waals surface area contributed by atoms with Crippen LogP contribution in [0.2, 0.25) is 5.02 Å². The van der Waals surface area contributed by atoms with E-state index < -0.39 is 0 Å². The van der Waals surface area contributed by atoms with E-state index in [1.54, 1.807) is 24.1 Å². The molecule has 1 amide bonds. The molecule has 0 atom stereocenters. The maximum Gasteiger partial charge on any atom is 0.273 e. The molecule has 0 N–H and O–H groups in total. The number of nitrogens with zero attached hydrogens (tertiary/aromatic N) is 7. The van der Waals surface area contributed by atoms with Crippen LogP contribution in [0.25, 0.3) is 10.9 Å². The van der Waals surface area contributed by atoms with E-state index in [2.05, 4.69) is 28.9 Å². The molecular weight excluding hydrogens is 426 g/mol. The molecule has 0 spiro atoms. The van der Waals surface area contributed by atoms with Crippen LogP contribution in [0.3, 0.4) is 0 Å². The number of hydrogen-bond acceptors (Lipinski definition) is 6. The summed E-state index contributed by atoms with van der Waals surface area (Å²) in [5.41, 5.74) is 3.20. The highest BCUT2D eigenvalue weighted by Crippen LogP contribution is 2.25. The number of hydrogen-bond donors (Lipinski definition) is 0. The fraction of sp³-hybridized carbons (Fsp3) is 0.478. The number of likely N-dealkylation sites (N-methyl/N-ethyl adjacent to an activating group) is 1. The van der Waals surface area contributed by atoms with Crippen molar-refractivity contribution < 1.29 is 4.79 Å². The molecule has 1 saturated heterocycles. The van der Waals surface area contributed by atoms with Gasteiger partial charge in [0, 0.05) is 61.4 Å². The zero-order valence-electron chi connectivity index (χ0n) is 19.2. The molecule has 4 rings (SSSR count). The van der Waals surface area contributed by atoms with Gasteiger partial charge in [0.15, 0.2) is 0 Å². The summed E-state index contributed by atoms with van der Waals surface area (Å²) < 4.78 is 1.93. The van der Waals surface area contributed by atoms with Crippen molar-refractivity contribution in [2.45, 2.75) is 33.4 Å². The Bertz CT molecular complexity index is 1130. The van der Waals surface area contributed by atoms with Crippen LogP contribution in [0.4, 0.5) is 5.95 Å². The summed E-state index contributed by atoms with van der Waals surface area (Å²) in [5.74, 6) is 0.443. The predicted octanol–water partition coefficient (Wildman–Crippen LogP) is 3.22. The van der Waals surface area contributed by atoms with Crippen LogP contribution >= 0.6 is 11.6 Å². The fourth-order valence-electron chi connectivity index (χ4n) is 4.11. The largest absolute Gasteiger partial charge is 0.339 e. The first-order valence-corrected chi connectivity index (χ1v) is 11.4. The van der Waals surface area contributed by atoms with Crippen molar-refractivity contribution in [1.82, 2.24) is 29.5 Å². The topological polar surface area (TPSA) is 70.4 Å². The highest BCUT2D eigenvalue weighted by Gasteiger charge is 2.23. The predicted molar refractivity (Wildman–Crippen MR) is 127 cm³/mol. The van der Waals surface area contributed by atoms with E-state index in [0.29, 0.717) is 28.6 Å². The summed E-state index contributed by atoms with van der Waals surface area (Å²) in [6.45, 7) is 9.01. The highest BCUT2D eigenvalue weighted by molar-refractivity contribution is 6.31. The summed E-state index contributed by atoms with van der Waals surface area (Å²) in [7, 11) is 3.92. The maximum atomic E-state index is 13.6. The number of aromatic nitrogens is 4. The number of carbonyl (C=O) groups is 1. The normalized spacial score (nSPS) is 15.2. The molecule has 1 aliphatic heterocycles. The number of fused-ring (bicyclic) bond motifs is 1. The Labute approximate surface area is 193 Å². The molecule has 2 aromatic heterocycles. The number of halogens is 1. The first-order valence-electron chi connectivity index (χ1n) is 11.0. The molecule has 170 valence electrons. The second-order valence-corrected chi connectivity index (χ2v) is 8.85. The smallest absolute Gasteiger partial charge is 0.273 e. The lowest BCUT2D eigenvalue weighted by Crippen LogP contribution is -2.32. The minimum atomic E-state index is -0.156. The fourth-order valence-corrected chi connectivity index (χ4v) is 4.28. The standard InChI is InChI=1S/C23H30ClN7O/c1-5-31-16(2)17(14-25-31)15-29(4)22(32)21-19-13-18(24)7-8-20(19)26-23(27-21)30-10-6-9-28(3)11-12-30/h7-8,13-14H,5-6,9-12,15H2,1-4H3. The van der Waals surface area contributed by atoms with Crippen LogP contribution in [-0.4, -0.2) is 75.7 Å². The van der Waals surface area contributed by atoms with Crippen LogP contribution in [0.15, 0.2) is 24.4 Å². The van der Waals surface area contributed by atoms with Gasteiger partial charge >= 0.3 is 0 Å². The molecule has 8 nitrogen and oxygen atoms in total. The molecule has 0 radical (unpaired) electrons. The Balaban J connectivity index is 1.69. The van der Waals surface area contributed by atoms with Crippen molar-refractivity contribution in [2.75, 3.05) is 45.2 Å². The Morgan fingerprint density at radius 1 is 1.19 bits per heavy atom. The molecular formula is C23H30ClN7O. The maximum absolute atomic E-state index is 13.6. The second kappa shape index (κ2) is 9.42. The molecule has 1 aromatic carbocycles. The van der Waals surface area contributed by atoms with Gasteiger partial charge in [0.1, 0.15) is 5.69 Å². The molecule has 0 aliphatic carbocycles. The van der Waals surface area contributed by atoms with Crippen molar-refractivity contribution in [3.63, 3.8) is 0 Å². The number of carbonyl (C=O) groups excluding carboxylic acids is 1. The zero-order chi connectivity index (χ0) is 22.8. The van der Waals surface area contributed by atoms with Crippen LogP contribution in [0, 0.1) is 6.92 Å². The molecule has 0 bridgehead atoms. The van der Waals surface area contributed by atoms with E-state index in [0.717, 1.165) is 55.9 Å². The minimum Gasteiger partial charge on any atom is -0.339 e. The van der Waals surface area contributed by atoms with Crippen LogP contribution in [-0.2, 0) is 13.1 Å². The third-order valence-electron chi connectivity index (χ3n) is 6.11. The average Bonchev–Trinajstić information content (AvgIpc) is 2.98. The van der Waals surface area contributed by atoms with Crippen molar-refractivity contribution in [2.24, 2.45) is 0 Å². The van der Waals surface area contributed by atoms with Gasteiger partial charge in [0.05, 0.1) is 11.7 Å². The number of benzene rings is 1. The van der Waals surface area contributed by atoms with Crippen molar-refractivity contribution in [3.05, 3.63) is 46.4 Å². The van der Waals surface area contributed by atoms with Gasteiger partial charge in [0.2, 0.25) is 5.95 Å². The molecule has 0 saturated carbocycles. The lowest BCUT2D eigenvalue weighted by Gasteiger charge is -2.23. The summed E-state index contributed by atoms with van der Waals surface area (Å²) in [6.07, 6.45) is 2.86. The number of aryl methyl sites for hydroxylation is 1. The van der Waals surface area contributed by atoms with Gasteiger partial charge < -0.3 is 14.7 Å². The van der Waals surface area contributed by atoms with Crippen LogP contribution < -0.4 is 4.90 Å². The van der Waals surface area contributed by atoms with Crippen molar-refractivity contribution in [1.29, 1.82) is 0 Å². The first kappa shape index (κ1) is 22.5. The second-order valence-electron chi connectivity index (χ2n) is 8.41. The monoisotopic (exact) mass is 455 g/mol. The van der Waals surface area contributed by atoms with Crippen molar-refractivity contribution in [3.8, 4) is 0 Å². The van der Waals surface area contributed by atoms with Gasteiger partial charge in [-0.25, -0.2) is 9.97 Å². The Morgan fingerprint density at radius 3 is 2.75 bits per heavy atom. The molecule has 9 heteroatoms. The molecule has 32 heavy (non-hydrogen) atoms. The van der Waals surface area contributed by atoms with Gasteiger partial charge in [-0.3, -0.25) is 9.48 Å². The van der Waals surface area contributed by atoms with Gasteiger partial charge in [-0.1, -0.05) is 11.6 Å². The van der Waals surface area contributed by atoms with Crippen molar-refractivity contribution >= 4 is 34.4 Å². The van der Waals surface area contributed by atoms with E-state index in [-0.39, 0.29) is 5.91 Å². The molecule has 3 aromatic rings. The SMILES string of the molecule is CCn1ncc(CN(C)C(=O)c2nc(N3CCCN(C)CC3)nc3ccc(Cl)cc23)c1C. The van der Waals surface area contributed by atoms with Crippen LogP contribution in [0.1, 0.15) is 35.1 Å². The van der Waals surface area contributed by atoms with Gasteiger partial charge in [-0.2, -0.15) is 5.10 Å². The van der Waals surface area contributed by atoms with E-state index in [1.807, 2.05) is 23.9 Å². The van der Waals surface area contributed by atoms with Gasteiger partial charge in [-0.15, -0.1) is 0 Å². The lowest BCUT2D eigenvalue weighted by atomic mass is 10.1. The first-order chi connectivity index (χ1) is 15.4. The zero-order valence-corrected chi connectivity index (χ0v) is 19.9. The highest BCUT2D eigenvalue weighted by atomic mass is 35.5. The number of anilines is 1. The van der Waals surface area contributed by atoms with E-state index in [1.165, 1.54) is 0 Å². The summed E-state index contributed by atoms with van der Waals surface area (Å²) in [5, 5.41) is 5.63. The number of rotatable bonds is 5. The summed E-state index contributed by atoms with van der Waals surface area (Å²) in [4.78, 5) is 29.3. The number of amides is 1. The summed E-state index contributed by atoms with van der Waals surface area (Å²) in [6, 6.07) is 5.44. The summed E-state index contributed by atoms with van der Waals surface area (Å²) >= 11 is 6.26. The Kier molecular flexibility index (Phi) is 6.62. The van der Waals surface area contributed by atoms with E-state index >= 15 is 0 Å². The van der Waals surface area contributed by atoms with E-state index in [4.69, 9.17) is 21.6 Å². The van der Waals surface area contributed by atoms with E-state index in [9.17, 15) is 4.79 Å². The molecule has 1 aliphatic rings. The third kappa shape index (κ3) is 4.56.